The average Bonchev–Trinajstić information content (AvgIpc) is 2.40. The van der Waals surface area contributed by atoms with Crippen LogP contribution in [0.3, 0.4) is 0 Å². The molecule has 108 valence electrons. The van der Waals surface area contributed by atoms with Crippen molar-refractivity contribution in [1.29, 1.82) is 0 Å². The van der Waals surface area contributed by atoms with Gasteiger partial charge in [0.15, 0.2) is 0 Å². The summed E-state index contributed by atoms with van der Waals surface area (Å²) in [5.41, 5.74) is -1.54. The highest BCUT2D eigenvalue weighted by molar-refractivity contribution is 5.94. The topological polar surface area (TPSA) is 83.7 Å². The first-order valence-corrected chi connectivity index (χ1v) is 6.01. The lowest BCUT2D eigenvalue weighted by molar-refractivity contribution is -0.387. The van der Waals surface area contributed by atoms with Gasteiger partial charge >= 0.3 is 5.69 Å². The Kier molecular flexibility index (Phi) is 3.93. The van der Waals surface area contributed by atoms with Crippen LogP contribution in [0.15, 0.2) is 12.1 Å². The number of nitro groups is 1. The Morgan fingerprint density at radius 3 is 2.45 bits per heavy atom. The molecular weight excluding hydrogens is 274 g/mol. The van der Waals surface area contributed by atoms with E-state index in [1.54, 1.807) is 0 Å². The monoisotopic (exact) mass is 286 g/mol. The van der Waals surface area contributed by atoms with E-state index in [-0.39, 0.29) is 13.1 Å². The predicted molar refractivity (Wildman–Crippen MR) is 64.2 cm³/mol. The number of aliphatic hydroxyl groups is 1. The van der Waals surface area contributed by atoms with E-state index in [2.05, 4.69) is 0 Å². The molecule has 8 heteroatoms. The van der Waals surface area contributed by atoms with Crippen LogP contribution < -0.4 is 0 Å². The van der Waals surface area contributed by atoms with Gasteiger partial charge in [0.2, 0.25) is 5.82 Å². The Labute approximate surface area is 112 Å². The Bertz CT molecular complexity index is 557. The molecule has 0 spiro atoms. The largest absolute Gasteiger partial charge is 0.393 e. The van der Waals surface area contributed by atoms with Crippen LogP contribution in [0.5, 0.6) is 0 Å². The highest BCUT2D eigenvalue weighted by Crippen LogP contribution is 2.23. The number of carbonyl (C=O) groups is 1. The normalized spacial score (nSPS) is 16.2. The maximum atomic E-state index is 13.7. The first-order chi connectivity index (χ1) is 9.40. The third kappa shape index (κ3) is 2.74. The van der Waals surface area contributed by atoms with E-state index in [0.29, 0.717) is 25.0 Å². The van der Waals surface area contributed by atoms with Crippen molar-refractivity contribution >= 4 is 11.6 Å². The molecule has 1 amide bonds. The highest BCUT2D eigenvalue weighted by atomic mass is 19.1. The second-order valence-corrected chi connectivity index (χ2v) is 4.56. The van der Waals surface area contributed by atoms with Gasteiger partial charge in [-0.1, -0.05) is 0 Å². The van der Waals surface area contributed by atoms with E-state index in [1.165, 1.54) is 4.90 Å². The van der Waals surface area contributed by atoms with E-state index < -0.39 is 39.8 Å². The molecule has 0 atom stereocenters. The smallest absolute Gasteiger partial charge is 0.307 e. The number of nitro benzene ring substituents is 1. The van der Waals surface area contributed by atoms with Gasteiger partial charge in [-0.2, -0.15) is 4.39 Å². The van der Waals surface area contributed by atoms with Crippen LogP contribution in [0.25, 0.3) is 0 Å². The molecule has 1 aliphatic heterocycles. The Morgan fingerprint density at radius 2 is 1.90 bits per heavy atom. The van der Waals surface area contributed by atoms with Gasteiger partial charge in [0.25, 0.3) is 5.91 Å². The van der Waals surface area contributed by atoms with Crippen LogP contribution in [0.2, 0.25) is 0 Å². The number of halogens is 2. The lowest BCUT2D eigenvalue weighted by Crippen LogP contribution is -2.40. The predicted octanol–water partition coefficient (Wildman–Crippen LogP) is 1.47. The number of aliphatic hydroxyl groups excluding tert-OH is 1. The zero-order valence-corrected chi connectivity index (χ0v) is 10.4. The van der Waals surface area contributed by atoms with Gasteiger partial charge in [0, 0.05) is 13.1 Å². The number of hydrogen-bond donors (Lipinski definition) is 1. The number of nitrogens with zero attached hydrogens (tertiary/aromatic N) is 2. The maximum Gasteiger partial charge on any atom is 0.307 e. The van der Waals surface area contributed by atoms with Gasteiger partial charge in [-0.05, 0) is 18.9 Å². The fourth-order valence-electron chi connectivity index (χ4n) is 2.08. The fraction of sp³-hybridized carbons (Fsp3) is 0.417. The number of carbonyl (C=O) groups excluding carboxylic acids is 1. The highest BCUT2D eigenvalue weighted by Gasteiger charge is 2.27. The number of amides is 1. The lowest BCUT2D eigenvalue weighted by Gasteiger charge is -2.29. The zero-order valence-electron chi connectivity index (χ0n) is 10.4. The summed E-state index contributed by atoms with van der Waals surface area (Å²) in [5.74, 6) is -3.12. The van der Waals surface area contributed by atoms with Gasteiger partial charge < -0.3 is 10.0 Å². The number of hydrogen-bond acceptors (Lipinski definition) is 4. The summed E-state index contributed by atoms with van der Waals surface area (Å²) >= 11 is 0. The minimum atomic E-state index is -1.25. The van der Waals surface area contributed by atoms with Gasteiger partial charge in [-0.3, -0.25) is 14.9 Å². The number of benzene rings is 1. The van der Waals surface area contributed by atoms with Gasteiger partial charge in [0.05, 0.1) is 22.7 Å². The molecule has 1 saturated heterocycles. The van der Waals surface area contributed by atoms with E-state index in [0.717, 1.165) is 0 Å². The molecule has 1 aliphatic rings. The number of rotatable bonds is 2. The quantitative estimate of drug-likeness (QED) is 0.659. The average molecular weight is 286 g/mol. The van der Waals surface area contributed by atoms with Crippen molar-refractivity contribution in [3.8, 4) is 0 Å². The molecule has 0 aliphatic carbocycles. The van der Waals surface area contributed by atoms with Crippen LogP contribution in [0.4, 0.5) is 14.5 Å². The molecule has 1 fully saturated rings. The summed E-state index contributed by atoms with van der Waals surface area (Å²) in [6.07, 6.45) is 0.226. The molecule has 2 rings (SSSR count). The Morgan fingerprint density at radius 1 is 1.30 bits per heavy atom. The summed E-state index contributed by atoms with van der Waals surface area (Å²) in [5, 5.41) is 19.8. The third-order valence-corrected chi connectivity index (χ3v) is 3.22. The van der Waals surface area contributed by atoms with Crippen molar-refractivity contribution in [2.24, 2.45) is 0 Å². The van der Waals surface area contributed by atoms with E-state index in [9.17, 15) is 28.8 Å². The molecule has 1 heterocycles. The van der Waals surface area contributed by atoms with Crippen LogP contribution in [-0.4, -0.2) is 40.0 Å². The molecule has 1 N–H and O–H groups in total. The summed E-state index contributed by atoms with van der Waals surface area (Å²) in [4.78, 5) is 22.7. The van der Waals surface area contributed by atoms with Crippen LogP contribution in [0, 0.1) is 21.7 Å². The first kappa shape index (κ1) is 14.3. The SMILES string of the molecule is O=C(c1cc(F)c([N+](=O)[O-])cc1F)N1CCC(O)CC1. The van der Waals surface area contributed by atoms with Crippen molar-refractivity contribution in [2.45, 2.75) is 18.9 Å². The second-order valence-electron chi connectivity index (χ2n) is 4.56. The summed E-state index contributed by atoms with van der Waals surface area (Å²) in [6, 6.07) is 0.947. The minimum absolute atomic E-state index is 0.234. The maximum absolute atomic E-state index is 13.7. The number of likely N-dealkylation sites (tertiary alicyclic amines) is 1. The standard InChI is InChI=1S/C12H12F2N2O4/c13-9-6-11(16(19)20)10(14)5-8(9)12(18)15-3-1-7(17)2-4-15/h5-7,17H,1-4H2. The van der Waals surface area contributed by atoms with Gasteiger partial charge in [-0.15, -0.1) is 0 Å². The molecule has 0 radical (unpaired) electrons. The van der Waals surface area contributed by atoms with Crippen molar-refractivity contribution in [3.63, 3.8) is 0 Å². The Balaban J connectivity index is 2.26. The minimum Gasteiger partial charge on any atom is -0.393 e. The fourth-order valence-corrected chi connectivity index (χ4v) is 2.08. The van der Waals surface area contributed by atoms with Crippen molar-refractivity contribution < 1.29 is 23.6 Å². The van der Waals surface area contributed by atoms with Gasteiger partial charge in [0.1, 0.15) is 5.82 Å². The molecular formula is C12H12F2N2O4. The third-order valence-electron chi connectivity index (χ3n) is 3.22. The molecule has 0 bridgehead atoms. The molecule has 0 saturated carbocycles. The van der Waals surface area contributed by atoms with Crippen LogP contribution in [0.1, 0.15) is 23.2 Å². The Hall–Kier alpha value is -2.09. The van der Waals surface area contributed by atoms with Crippen molar-refractivity contribution in [2.75, 3.05) is 13.1 Å². The first-order valence-electron chi connectivity index (χ1n) is 6.01. The molecule has 1 aromatic rings. The van der Waals surface area contributed by atoms with E-state index >= 15 is 0 Å². The molecule has 0 unspecified atom stereocenters. The summed E-state index contributed by atoms with van der Waals surface area (Å²) < 4.78 is 27.2. The molecule has 0 aromatic heterocycles. The zero-order chi connectivity index (χ0) is 14.9. The second kappa shape index (κ2) is 5.49. The van der Waals surface area contributed by atoms with Crippen LogP contribution >= 0.6 is 0 Å². The lowest BCUT2D eigenvalue weighted by atomic mass is 10.1. The van der Waals surface area contributed by atoms with Gasteiger partial charge in [-0.25, -0.2) is 4.39 Å². The van der Waals surface area contributed by atoms with Crippen molar-refractivity contribution in [3.05, 3.63) is 39.4 Å². The van der Waals surface area contributed by atoms with E-state index in [4.69, 9.17) is 0 Å². The van der Waals surface area contributed by atoms with Crippen LogP contribution in [-0.2, 0) is 0 Å². The molecule has 6 nitrogen and oxygen atoms in total. The molecule has 20 heavy (non-hydrogen) atoms. The summed E-state index contributed by atoms with van der Waals surface area (Å²) in [6.45, 7) is 0.468. The molecule has 1 aromatic carbocycles. The van der Waals surface area contributed by atoms with Crippen molar-refractivity contribution in [1.82, 2.24) is 4.90 Å². The van der Waals surface area contributed by atoms with E-state index in [1.807, 2.05) is 0 Å². The number of piperidine rings is 1. The summed E-state index contributed by atoms with van der Waals surface area (Å²) in [7, 11) is 0.